The van der Waals surface area contributed by atoms with Gasteiger partial charge in [-0.25, -0.2) is 0 Å². The fourth-order valence-corrected chi connectivity index (χ4v) is 4.45. The van der Waals surface area contributed by atoms with E-state index in [9.17, 15) is 13.5 Å². The second-order valence-electron chi connectivity index (χ2n) is 5.52. The van der Waals surface area contributed by atoms with Crippen LogP contribution in [0.1, 0.15) is 31.2 Å². The Morgan fingerprint density at radius 1 is 1.19 bits per heavy atom. The molecule has 1 N–H and O–H groups in total. The summed E-state index contributed by atoms with van der Waals surface area (Å²) in [6.07, 6.45) is 3.89. The molecule has 0 saturated heterocycles. The van der Waals surface area contributed by atoms with Crippen LogP contribution in [0.4, 0.5) is 0 Å². The zero-order valence-corrected chi connectivity index (χ0v) is 13.3. The third-order valence-electron chi connectivity index (χ3n) is 3.99. The highest BCUT2D eigenvalue weighted by molar-refractivity contribution is 7.86. The Morgan fingerprint density at radius 2 is 1.81 bits per heavy atom. The summed E-state index contributed by atoms with van der Waals surface area (Å²) in [5.41, 5.74) is 0.957. The van der Waals surface area contributed by atoms with Crippen LogP contribution in [-0.2, 0) is 16.8 Å². The summed E-state index contributed by atoms with van der Waals surface area (Å²) in [7, 11) is -1.94. The predicted molar refractivity (Wildman–Crippen MR) is 82.9 cm³/mol. The van der Waals surface area contributed by atoms with Gasteiger partial charge in [0, 0.05) is 26.2 Å². The Morgan fingerprint density at radius 3 is 2.38 bits per heavy atom. The Labute approximate surface area is 127 Å². The topological polar surface area (TPSA) is 60.9 Å². The van der Waals surface area contributed by atoms with Crippen LogP contribution in [0.3, 0.4) is 0 Å². The molecule has 1 aliphatic rings. The molecule has 1 saturated carbocycles. The molecule has 0 aromatic heterocycles. The van der Waals surface area contributed by atoms with Gasteiger partial charge in [0.05, 0.1) is 6.61 Å². The van der Waals surface area contributed by atoms with Crippen molar-refractivity contribution in [3.05, 3.63) is 35.9 Å². The fraction of sp³-hybridized carbons (Fsp3) is 0.600. The second kappa shape index (κ2) is 7.35. The summed E-state index contributed by atoms with van der Waals surface area (Å²) in [6, 6.07) is 9.57. The van der Waals surface area contributed by atoms with E-state index in [1.165, 1.54) is 8.61 Å². The minimum absolute atomic E-state index is 0.0281. The maximum atomic E-state index is 12.8. The first-order chi connectivity index (χ1) is 10.1. The molecule has 6 heteroatoms. The van der Waals surface area contributed by atoms with Gasteiger partial charge in [-0.1, -0.05) is 43.2 Å². The highest BCUT2D eigenvalue weighted by Crippen LogP contribution is 2.26. The second-order valence-corrected chi connectivity index (χ2v) is 7.51. The van der Waals surface area contributed by atoms with Crippen LogP contribution in [0.2, 0.25) is 0 Å². The summed E-state index contributed by atoms with van der Waals surface area (Å²) in [5, 5.41) is 9.21. The molecule has 1 aromatic rings. The van der Waals surface area contributed by atoms with Gasteiger partial charge in [-0.05, 0) is 18.4 Å². The summed E-state index contributed by atoms with van der Waals surface area (Å²) in [5.74, 6) is 0. The Bertz CT molecular complexity index is 527. The van der Waals surface area contributed by atoms with E-state index in [4.69, 9.17) is 0 Å². The zero-order valence-electron chi connectivity index (χ0n) is 12.5. The van der Waals surface area contributed by atoms with Gasteiger partial charge in [-0.2, -0.15) is 17.0 Å². The van der Waals surface area contributed by atoms with E-state index in [1.54, 1.807) is 7.05 Å². The first-order valence-corrected chi connectivity index (χ1v) is 8.83. The van der Waals surface area contributed by atoms with Crippen molar-refractivity contribution >= 4 is 10.2 Å². The Balaban J connectivity index is 2.13. The fourth-order valence-electron chi connectivity index (χ4n) is 2.88. The number of aliphatic hydroxyl groups is 1. The molecule has 0 amide bonds. The van der Waals surface area contributed by atoms with E-state index < -0.39 is 10.2 Å². The minimum Gasteiger partial charge on any atom is -0.395 e. The van der Waals surface area contributed by atoms with Gasteiger partial charge < -0.3 is 5.11 Å². The normalized spacial score (nSPS) is 17.0. The molecule has 0 unspecified atom stereocenters. The van der Waals surface area contributed by atoms with E-state index in [-0.39, 0.29) is 19.2 Å². The van der Waals surface area contributed by atoms with Gasteiger partial charge in [-0.15, -0.1) is 0 Å². The molecule has 1 aliphatic carbocycles. The molecule has 0 aliphatic heterocycles. The highest BCUT2D eigenvalue weighted by atomic mass is 32.2. The predicted octanol–water partition coefficient (Wildman–Crippen LogP) is 1.60. The summed E-state index contributed by atoms with van der Waals surface area (Å²) in [4.78, 5) is 0. The van der Waals surface area contributed by atoms with E-state index in [2.05, 4.69) is 0 Å². The van der Waals surface area contributed by atoms with Crippen LogP contribution in [0.15, 0.2) is 30.3 Å². The molecule has 0 spiro atoms. The lowest BCUT2D eigenvalue weighted by atomic mass is 10.2. The molecule has 5 nitrogen and oxygen atoms in total. The van der Waals surface area contributed by atoms with E-state index in [1.807, 2.05) is 30.3 Å². The minimum atomic E-state index is -3.54. The number of rotatable bonds is 7. The van der Waals surface area contributed by atoms with Gasteiger partial charge in [-0.3, -0.25) is 0 Å². The average Bonchev–Trinajstić information content (AvgIpc) is 2.99. The summed E-state index contributed by atoms with van der Waals surface area (Å²) in [6.45, 7) is 0.374. The average molecular weight is 312 g/mol. The first-order valence-electron chi connectivity index (χ1n) is 7.43. The number of nitrogens with zero attached hydrogens (tertiary/aromatic N) is 2. The number of benzene rings is 1. The number of hydrogen-bond acceptors (Lipinski definition) is 3. The monoisotopic (exact) mass is 312 g/mol. The molecule has 1 fully saturated rings. The van der Waals surface area contributed by atoms with Crippen molar-refractivity contribution in [2.75, 3.05) is 20.2 Å². The maximum absolute atomic E-state index is 12.8. The Hall–Kier alpha value is -0.950. The lowest BCUT2D eigenvalue weighted by Crippen LogP contribution is -2.47. The van der Waals surface area contributed by atoms with Crippen LogP contribution < -0.4 is 0 Å². The first kappa shape index (κ1) is 16.4. The van der Waals surface area contributed by atoms with Gasteiger partial charge in [0.2, 0.25) is 0 Å². The number of hydrogen-bond donors (Lipinski definition) is 1. The van der Waals surface area contributed by atoms with Crippen LogP contribution in [0.25, 0.3) is 0 Å². The molecular weight excluding hydrogens is 288 g/mol. The smallest absolute Gasteiger partial charge is 0.282 e. The lowest BCUT2D eigenvalue weighted by Gasteiger charge is -2.31. The van der Waals surface area contributed by atoms with E-state index >= 15 is 0 Å². The van der Waals surface area contributed by atoms with E-state index in [0.717, 1.165) is 31.2 Å². The molecule has 2 rings (SSSR count). The molecule has 0 bridgehead atoms. The van der Waals surface area contributed by atoms with Crippen molar-refractivity contribution in [2.24, 2.45) is 0 Å². The van der Waals surface area contributed by atoms with Gasteiger partial charge in [0.1, 0.15) is 0 Å². The quantitative estimate of drug-likeness (QED) is 0.832. The van der Waals surface area contributed by atoms with Crippen molar-refractivity contribution < 1.29 is 13.5 Å². The molecule has 0 atom stereocenters. The van der Waals surface area contributed by atoms with Crippen molar-refractivity contribution in [3.8, 4) is 0 Å². The molecule has 0 radical (unpaired) electrons. The van der Waals surface area contributed by atoms with E-state index in [0.29, 0.717) is 6.54 Å². The van der Waals surface area contributed by atoms with Gasteiger partial charge in [0.25, 0.3) is 10.2 Å². The Kier molecular flexibility index (Phi) is 5.75. The molecule has 1 aromatic carbocycles. The molecule has 0 heterocycles. The van der Waals surface area contributed by atoms with Crippen LogP contribution in [0.5, 0.6) is 0 Å². The summed E-state index contributed by atoms with van der Waals surface area (Å²) >= 11 is 0. The molecule has 21 heavy (non-hydrogen) atoms. The van der Waals surface area contributed by atoms with Crippen molar-refractivity contribution in [3.63, 3.8) is 0 Å². The van der Waals surface area contributed by atoms with Crippen LogP contribution >= 0.6 is 0 Å². The van der Waals surface area contributed by atoms with Gasteiger partial charge >= 0.3 is 0 Å². The van der Waals surface area contributed by atoms with Crippen LogP contribution in [-0.4, -0.2) is 48.4 Å². The van der Waals surface area contributed by atoms with Crippen molar-refractivity contribution in [1.82, 2.24) is 8.61 Å². The largest absolute Gasteiger partial charge is 0.395 e. The van der Waals surface area contributed by atoms with Crippen molar-refractivity contribution in [2.45, 2.75) is 38.3 Å². The van der Waals surface area contributed by atoms with Crippen LogP contribution in [0, 0.1) is 0 Å². The summed E-state index contributed by atoms with van der Waals surface area (Å²) < 4.78 is 28.4. The SMILES string of the molecule is CN(Cc1ccccc1)S(=O)(=O)N(CCO)C1CCCC1. The molecular formula is C15H24N2O3S. The van der Waals surface area contributed by atoms with Gasteiger partial charge in [0.15, 0.2) is 0 Å². The highest BCUT2D eigenvalue weighted by Gasteiger charge is 2.34. The zero-order chi connectivity index (χ0) is 15.3. The lowest BCUT2D eigenvalue weighted by molar-refractivity contribution is 0.217. The number of aliphatic hydroxyl groups excluding tert-OH is 1. The molecule has 118 valence electrons. The maximum Gasteiger partial charge on any atom is 0.282 e. The third kappa shape index (κ3) is 4.03. The third-order valence-corrected chi connectivity index (χ3v) is 5.98. The standard InChI is InChI=1S/C15H24N2O3S/c1-16(13-14-7-3-2-4-8-14)21(19,20)17(11-12-18)15-9-5-6-10-15/h2-4,7-8,15,18H,5-6,9-13H2,1H3. The van der Waals surface area contributed by atoms with Crippen molar-refractivity contribution in [1.29, 1.82) is 0 Å².